The Balaban J connectivity index is 0.000000160. The van der Waals surface area contributed by atoms with E-state index < -0.39 is 125 Å². The van der Waals surface area contributed by atoms with Crippen molar-refractivity contribution in [1.82, 2.24) is 0 Å². The van der Waals surface area contributed by atoms with E-state index in [1.165, 1.54) is 6.08 Å². The number of thioether (sulfide) groups is 3. The summed E-state index contributed by atoms with van der Waals surface area (Å²) in [5.41, 5.74) is -1.04. The van der Waals surface area contributed by atoms with Gasteiger partial charge in [-0.3, -0.25) is 36.5 Å². The van der Waals surface area contributed by atoms with Crippen LogP contribution in [0.5, 0.6) is 0 Å². The highest BCUT2D eigenvalue weighted by atomic mass is 32.2. The lowest BCUT2D eigenvalue weighted by Crippen LogP contribution is -2.47. The molecule has 3 heterocycles. The third kappa shape index (κ3) is 12.3. The zero-order valence-corrected chi connectivity index (χ0v) is 44.2. The van der Waals surface area contributed by atoms with E-state index in [1.807, 2.05) is 6.92 Å². The van der Waals surface area contributed by atoms with Gasteiger partial charge in [-0.05, 0) is 63.2 Å². The van der Waals surface area contributed by atoms with Gasteiger partial charge in [-0.2, -0.15) is 25.3 Å². The van der Waals surface area contributed by atoms with Crippen LogP contribution in [0, 0.1) is 41.4 Å². The van der Waals surface area contributed by atoms with E-state index in [0.717, 1.165) is 53.9 Å². The molecule has 9 aliphatic rings. The number of ether oxygens (including phenoxy) is 6. The van der Waals surface area contributed by atoms with Crippen molar-refractivity contribution in [2.45, 2.75) is 97.8 Å². The van der Waals surface area contributed by atoms with Crippen LogP contribution >= 0.6 is 35.3 Å². The molecule has 0 aromatic rings. The summed E-state index contributed by atoms with van der Waals surface area (Å²) >= 11 is 2.49. The highest BCUT2D eigenvalue weighted by Gasteiger charge is 2.72. The van der Waals surface area contributed by atoms with E-state index in [0.29, 0.717) is 31.4 Å². The normalized spacial score (nSPS) is 36.6. The molecule has 0 aromatic heterocycles. The van der Waals surface area contributed by atoms with E-state index in [-0.39, 0.29) is 81.5 Å². The third-order valence-corrected chi connectivity index (χ3v) is 22.7. The average molecular weight is 1140 g/mol. The van der Waals surface area contributed by atoms with Gasteiger partial charge >= 0.3 is 29.8 Å². The zero-order chi connectivity index (χ0) is 53.4. The maximum absolute atomic E-state index is 12.0. The second-order valence-electron chi connectivity index (χ2n) is 18.8. The summed E-state index contributed by atoms with van der Waals surface area (Å²) in [5.74, 6) is -4.07. The minimum Gasteiger partial charge on any atom is -0.458 e. The summed E-state index contributed by atoms with van der Waals surface area (Å²) < 4.78 is 118. The maximum Gasteiger partial charge on any atom is 0.344 e. The van der Waals surface area contributed by atoms with Crippen molar-refractivity contribution < 1.29 is 105 Å². The molecule has 0 spiro atoms. The fourth-order valence-corrected chi connectivity index (χ4v) is 19.3. The average Bonchev–Trinajstić information content (AvgIpc) is 4.23. The Morgan fingerprint density at radius 2 is 1.12 bits per heavy atom. The molecule has 6 saturated carbocycles. The van der Waals surface area contributed by atoms with Crippen molar-refractivity contribution >= 4 is 111 Å². The molecule has 9 fully saturated rings. The number of carbonyl (C=O) groups is 8. The fraction of sp³-hybridized carbons (Fsp3) is 0.682. The van der Waals surface area contributed by atoms with E-state index in [2.05, 4.69) is 19.7 Å². The molecule has 0 radical (unpaired) electrons. The molecule has 0 aromatic carbocycles. The van der Waals surface area contributed by atoms with Crippen LogP contribution in [-0.2, 0) is 110 Å². The largest absolute Gasteiger partial charge is 0.458 e. The van der Waals surface area contributed by atoms with Gasteiger partial charge in [0, 0.05) is 41.3 Å². The summed E-state index contributed by atoms with van der Waals surface area (Å²) in [5, 5.41) is -2.35. The topological polar surface area (TPSA) is 322 Å². The SMILES string of the molecule is C=CC(=O)SCC(=O)OCC(=O)OC1C2CC3C(C2)S(=O)(=O)OC31C.C=CC(=O)SCC(=O)OCC(=O)OC1C2CC3C1OS(=O)(=O)C3C2.C=CC(=O)SCCOCC(=O)OC1C2CC3C1OS(=O)(=O)C3C2C. The van der Waals surface area contributed by atoms with E-state index in [9.17, 15) is 63.6 Å². The second-order valence-corrected chi connectivity index (χ2v) is 27.1. The molecular weight excluding hydrogens is 1090 g/mol. The molecule has 6 bridgehead atoms. The highest BCUT2D eigenvalue weighted by molar-refractivity contribution is 8.15. The van der Waals surface area contributed by atoms with Crippen LogP contribution in [0.15, 0.2) is 38.0 Å². The molecule has 73 heavy (non-hydrogen) atoms. The second kappa shape index (κ2) is 22.9. The maximum atomic E-state index is 12.0. The van der Waals surface area contributed by atoms with Crippen molar-refractivity contribution in [1.29, 1.82) is 0 Å². The van der Waals surface area contributed by atoms with Crippen LogP contribution in [0.1, 0.15) is 46.0 Å². The summed E-state index contributed by atoms with van der Waals surface area (Å²) in [6.45, 7) is 12.3. The van der Waals surface area contributed by atoms with Gasteiger partial charge in [0.05, 0.1) is 33.9 Å². The van der Waals surface area contributed by atoms with Gasteiger partial charge in [0.1, 0.15) is 42.7 Å². The molecule has 16 unspecified atom stereocenters. The van der Waals surface area contributed by atoms with Crippen molar-refractivity contribution in [3.05, 3.63) is 38.0 Å². The first kappa shape index (κ1) is 57.0. The van der Waals surface area contributed by atoms with Gasteiger partial charge in [-0.1, -0.05) is 61.9 Å². The standard InChI is InChI=1S/C15H18O8S2.C15H20O7S2.C14H16O8S2/c1-3-13(18)24-7-12(17)21-6-11(16)22-14-8-4-9-10(5-8)25(19,20)23-15(9,14)2;1-3-12(17)23-5-4-20-7-11(16)21-13-9-6-10-14(13)22-24(18,19)15(10)8(9)2;1-2-12(17)23-6-11(16)20-5-10(15)21-13-7-3-8-9(4-7)24(18,19)22-14(8)13/h3,8-10,14H,1,4-7H2,2H3;3,8-10,13-15H,1,4-7H2,2H3;2,7-9,13-14H,1,3-6H2. The van der Waals surface area contributed by atoms with Gasteiger partial charge in [0.2, 0.25) is 15.3 Å². The van der Waals surface area contributed by atoms with Crippen molar-refractivity contribution in [2.75, 3.05) is 43.7 Å². The van der Waals surface area contributed by atoms with Gasteiger partial charge in [0.25, 0.3) is 30.4 Å². The molecule has 23 nitrogen and oxygen atoms in total. The Labute approximate surface area is 434 Å². The Bertz CT molecular complexity index is 2620. The number of hydrogen-bond donors (Lipinski definition) is 0. The Morgan fingerprint density at radius 3 is 1.74 bits per heavy atom. The van der Waals surface area contributed by atoms with Gasteiger partial charge < -0.3 is 28.4 Å². The van der Waals surface area contributed by atoms with Crippen LogP contribution in [0.25, 0.3) is 0 Å². The lowest BCUT2D eigenvalue weighted by atomic mass is 9.83. The Kier molecular flexibility index (Phi) is 17.9. The molecule has 9 rings (SSSR count). The first-order valence-electron chi connectivity index (χ1n) is 23.0. The van der Waals surface area contributed by atoms with E-state index >= 15 is 0 Å². The minimum atomic E-state index is -3.62. The van der Waals surface area contributed by atoms with E-state index in [4.69, 9.17) is 41.0 Å². The lowest BCUT2D eigenvalue weighted by Gasteiger charge is -2.33. The smallest absolute Gasteiger partial charge is 0.344 e. The minimum absolute atomic E-state index is 0.0204. The quantitative estimate of drug-likeness (QED) is 0.0576. The highest BCUT2D eigenvalue weighted by Crippen LogP contribution is 2.62. The van der Waals surface area contributed by atoms with Crippen LogP contribution in [0.4, 0.5) is 0 Å². The number of rotatable bonds is 19. The van der Waals surface area contributed by atoms with Crippen LogP contribution in [-0.4, -0.2) is 166 Å². The summed E-state index contributed by atoms with van der Waals surface area (Å²) in [4.78, 5) is 91.5. The molecule has 6 aliphatic carbocycles. The van der Waals surface area contributed by atoms with Gasteiger partial charge in [0.15, 0.2) is 13.2 Å². The predicted octanol–water partition coefficient (Wildman–Crippen LogP) is 1.18. The van der Waals surface area contributed by atoms with Crippen molar-refractivity contribution in [3.63, 3.8) is 0 Å². The number of carbonyl (C=O) groups excluding carboxylic acids is 8. The van der Waals surface area contributed by atoms with Crippen LogP contribution < -0.4 is 0 Å². The fourth-order valence-electron chi connectivity index (χ4n) is 11.8. The number of esters is 5. The zero-order valence-electron chi connectivity index (χ0n) is 39.3. The number of fused-ring (bicyclic) bond motifs is 3. The molecular formula is C44H54O23S6. The van der Waals surface area contributed by atoms with Crippen molar-refractivity contribution in [2.24, 2.45) is 41.4 Å². The first-order valence-corrected chi connectivity index (χ1v) is 30.3. The molecule has 16 atom stereocenters. The monoisotopic (exact) mass is 1140 g/mol. The van der Waals surface area contributed by atoms with Crippen LogP contribution in [0.2, 0.25) is 0 Å². The lowest BCUT2D eigenvalue weighted by molar-refractivity contribution is -0.171. The van der Waals surface area contributed by atoms with Gasteiger partial charge in [-0.15, -0.1) is 0 Å². The summed E-state index contributed by atoms with van der Waals surface area (Å²) in [6.07, 6.45) is 3.24. The molecule has 29 heteroatoms. The van der Waals surface area contributed by atoms with Crippen LogP contribution in [0.3, 0.4) is 0 Å². The van der Waals surface area contributed by atoms with E-state index in [1.54, 1.807) is 6.92 Å². The third-order valence-electron chi connectivity index (χ3n) is 14.6. The molecule has 404 valence electrons. The summed E-state index contributed by atoms with van der Waals surface area (Å²) in [7, 11) is -10.7. The molecule has 3 aliphatic heterocycles. The summed E-state index contributed by atoms with van der Waals surface area (Å²) in [6, 6.07) is 0. The van der Waals surface area contributed by atoms with Gasteiger partial charge in [-0.25, -0.2) is 14.4 Å². The first-order chi connectivity index (χ1) is 34.3. The predicted molar refractivity (Wildman–Crippen MR) is 256 cm³/mol. The Morgan fingerprint density at radius 1 is 0.589 bits per heavy atom. The Hall–Kier alpha value is -3.68. The number of hydrogen-bond acceptors (Lipinski definition) is 26. The molecule has 0 N–H and O–H groups in total. The molecule has 0 amide bonds. The van der Waals surface area contributed by atoms with Crippen molar-refractivity contribution in [3.8, 4) is 0 Å². The molecule has 3 saturated heterocycles.